The standard InChI is InChI=1S/C21H23N3/c1-15-10-12-24(13-11-15)21-18-8-3-4-9-19(18)22-20(23-21)17-7-5-6-16(2)14-17/h3-9,14-15H,10-13H2,1-2H3. The van der Waals surface area contributed by atoms with E-state index in [0.717, 1.165) is 47.1 Å². The van der Waals surface area contributed by atoms with Gasteiger partial charge in [0.25, 0.3) is 0 Å². The van der Waals surface area contributed by atoms with Crippen LogP contribution in [-0.4, -0.2) is 23.1 Å². The molecule has 0 aliphatic carbocycles. The Kier molecular flexibility index (Phi) is 3.93. The molecule has 0 unspecified atom stereocenters. The van der Waals surface area contributed by atoms with Crippen LogP contribution in [0.5, 0.6) is 0 Å². The van der Waals surface area contributed by atoms with Gasteiger partial charge >= 0.3 is 0 Å². The van der Waals surface area contributed by atoms with Crippen molar-refractivity contribution >= 4 is 16.7 Å². The first kappa shape index (κ1) is 15.1. The summed E-state index contributed by atoms with van der Waals surface area (Å²) in [5, 5.41) is 1.16. The van der Waals surface area contributed by atoms with Crippen LogP contribution in [0.15, 0.2) is 48.5 Å². The maximum atomic E-state index is 4.98. The summed E-state index contributed by atoms with van der Waals surface area (Å²) in [6.45, 7) is 6.61. The van der Waals surface area contributed by atoms with Crippen LogP contribution in [0.4, 0.5) is 5.82 Å². The molecule has 122 valence electrons. The molecule has 3 heteroatoms. The number of aryl methyl sites for hydroxylation is 1. The third-order valence-electron chi connectivity index (χ3n) is 4.94. The molecule has 4 rings (SSSR count). The first-order valence-electron chi connectivity index (χ1n) is 8.79. The molecule has 0 amide bonds. The molecule has 1 saturated heterocycles. The Bertz CT molecular complexity index is 864. The van der Waals surface area contributed by atoms with Crippen molar-refractivity contribution in [2.75, 3.05) is 18.0 Å². The topological polar surface area (TPSA) is 29.0 Å². The average Bonchev–Trinajstić information content (AvgIpc) is 2.61. The lowest BCUT2D eigenvalue weighted by atomic mass is 9.99. The fourth-order valence-corrected chi connectivity index (χ4v) is 3.43. The molecule has 0 saturated carbocycles. The van der Waals surface area contributed by atoms with E-state index in [9.17, 15) is 0 Å². The molecule has 0 bridgehead atoms. The summed E-state index contributed by atoms with van der Waals surface area (Å²) < 4.78 is 0. The minimum atomic E-state index is 0.811. The second-order valence-corrected chi connectivity index (χ2v) is 6.93. The number of piperidine rings is 1. The van der Waals surface area contributed by atoms with E-state index >= 15 is 0 Å². The Hall–Kier alpha value is -2.42. The smallest absolute Gasteiger partial charge is 0.162 e. The van der Waals surface area contributed by atoms with Crippen molar-refractivity contribution in [1.29, 1.82) is 0 Å². The largest absolute Gasteiger partial charge is 0.356 e. The molecule has 0 spiro atoms. The van der Waals surface area contributed by atoms with Crippen LogP contribution in [0.3, 0.4) is 0 Å². The van der Waals surface area contributed by atoms with Gasteiger partial charge in [-0.2, -0.15) is 0 Å². The van der Waals surface area contributed by atoms with Gasteiger partial charge in [0.15, 0.2) is 5.82 Å². The van der Waals surface area contributed by atoms with E-state index in [0.29, 0.717) is 0 Å². The van der Waals surface area contributed by atoms with Crippen molar-refractivity contribution < 1.29 is 0 Å². The minimum absolute atomic E-state index is 0.811. The van der Waals surface area contributed by atoms with E-state index in [1.165, 1.54) is 18.4 Å². The number of hydrogen-bond donors (Lipinski definition) is 0. The Labute approximate surface area is 143 Å². The third-order valence-corrected chi connectivity index (χ3v) is 4.94. The van der Waals surface area contributed by atoms with E-state index < -0.39 is 0 Å². The lowest BCUT2D eigenvalue weighted by Crippen LogP contribution is -2.33. The molecular formula is C21H23N3. The van der Waals surface area contributed by atoms with Gasteiger partial charge in [0, 0.05) is 24.0 Å². The number of para-hydroxylation sites is 1. The molecule has 1 aliphatic heterocycles. The van der Waals surface area contributed by atoms with Gasteiger partial charge in [0.2, 0.25) is 0 Å². The highest BCUT2D eigenvalue weighted by Gasteiger charge is 2.20. The number of fused-ring (bicyclic) bond motifs is 1. The fourth-order valence-electron chi connectivity index (χ4n) is 3.43. The van der Waals surface area contributed by atoms with E-state index in [1.54, 1.807) is 0 Å². The second-order valence-electron chi connectivity index (χ2n) is 6.93. The highest BCUT2D eigenvalue weighted by Crippen LogP contribution is 2.30. The van der Waals surface area contributed by atoms with Crippen molar-refractivity contribution in [1.82, 2.24) is 9.97 Å². The molecular weight excluding hydrogens is 294 g/mol. The highest BCUT2D eigenvalue weighted by molar-refractivity contribution is 5.91. The van der Waals surface area contributed by atoms with E-state index in [1.807, 2.05) is 0 Å². The van der Waals surface area contributed by atoms with Crippen LogP contribution in [0.25, 0.3) is 22.3 Å². The van der Waals surface area contributed by atoms with Gasteiger partial charge in [-0.15, -0.1) is 0 Å². The van der Waals surface area contributed by atoms with Crippen molar-refractivity contribution in [3.63, 3.8) is 0 Å². The van der Waals surface area contributed by atoms with Crippen LogP contribution < -0.4 is 4.90 Å². The monoisotopic (exact) mass is 317 g/mol. The van der Waals surface area contributed by atoms with Gasteiger partial charge in [-0.3, -0.25) is 0 Å². The molecule has 3 nitrogen and oxygen atoms in total. The lowest BCUT2D eigenvalue weighted by Gasteiger charge is -2.32. The Morgan fingerprint density at radius 1 is 0.958 bits per heavy atom. The molecule has 2 aromatic carbocycles. The lowest BCUT2D eigenvalue weighted by molar-refractivity contribution is 0.437. The molecule has 1 fully saturated rings. The van der Waals surface area contributed by atoms with Crippen molar-refractivity contribution in [2.45, 2.75) is 26.7 Å². The molecule has 0 N–H and O–H groups in total. The normalized spacial score (nSPS) is 15.8. The van der Waals surface area contributed by atoms with E-state index in [-0.39, 0.29) is 0 Å². The maximum absolute atomic E-state index is 4.98. The SMILES string of the molecule is Cc1cccc(-c2nc(N3CCC(C)CC3)c3ccccc3n2)c1. The number of aromatic nitrogens is 2. The zero-order valence-electron chi connectivity index (χ0n) is 14.4. The third kappa shape index (κ3) is 2.86. The first-order valence-corrected chi connectivity index (χ1v) is 8.79. The van der Waals surface area contributed by atoms with Crippen molar-refractivity contribution in [3.8, 4) is 11.4 Å². The number of rotatable bonds is 2. The van der Waals surface area contributed by atoms with Crippen LogP contribution in [0, 0.1) is 12.8 Å². The predicted octanol–water partition coefficient (Wildman–Crippen LogP) is 4.84. The number of benzene rings is 2. The quantitative estimate of drug-likeness (QED) is 0.677. The zero-order valence-corrected chi connectivity index (χ0v) is 14.4. The van der Waals surface area contributed by atoms with Gasteiger partial charge in [0.05, 0.1) is 5.52 Å². The summed E-state index contributed by atoms with van der Waals surface area (Å²) in [6.07, 6.45) is 2.47. The summed E-state index contributed by atoms with van der Waals surface area (Å²) in [4.78, 5) is 12.2. The van der Waals surface area contributed by atoms with Gasteiger partial charge in [0.1, 0.15) is 5.82 Å². The number of anilines is 1. The van der Waals surface area contributed by atoms with E-state index in [4.69, 9.17) is 9.97 Å². The van der Waals surface area contributed by atoms with E-state index in [2.05, 4.69) is 67.3 Å². The van der Waals surface area contributed by atoms with Gasteiger partial charge in [-0.05, 0) is 43.9 Å². The van der Waals surface area contributed by atoms with Crippen molar-refractivity contribution in [2.24, 2.45) is 5.92 Å². The fraction of sp³-hybridized carbons (Fsp3) is 0.333. The van der Waals surface area contributed by atoms with Gasteiger partial charge in [-0.1, -0.05) is 42.8 Å². The average molecular weight is 317 g/mol. The Morgan fingerprint density at radius 3 is 2.54 bits per heavy atom. The van der Waals surface area contributed by atoms with Crippen LogP contribution in [-0.2, 0) is 0 Å². The maximum Gasteiger partial charge on any atom is 0.162 e. The molecule has 0 radical (unpaired) electrons. The zero-order chi connectivity index (χ0) is 16.5. The molecule has 2 heterocycles. The summed E-state index contributed by atoms with van der Waals surface area (Å²) >= 11 is 0. The van der Waals surface area contributed by atoms with Gasteiger partial charge in [-0.25, -0.2) is 9.97 Å². The first-order chi connectivity index (χ1) is 11.7. The molecule has 0 atom stereocenters. The molecule has 1 aliphatic rings. The summed E-state index contributed by atoms with van der Waals surface area (Å²) in [5.74, 6) is 2.72. The number of nitrogens with zero attached hydrogens (tertiary/aromatic N) is 3. The molecule has 3 aromatic rings. The van der Waals surface area contributed by atoms with Crippen LogP contribution in [0.2, 0.25) is 0 Å². The summed E-state index contributed by atoms with van der Waals surface area (Å²) in [5.41, 5.74) is 3.35. The number of hydrogen-bond acceptors (Lipinski definition) is 3. The summed E-state index contributed by atoms with van der Waals surface area (Å²) in [7, 11) is 0. The van der Waals surface area contributed by atoms with Crippen molar-refractivity contribution in [3.05, 3.63) is 54.1 Å². The van der Waals surface area contributed by atoms with Crippen LogP contribution >= 0.6 is 0 Å². The second kappa shape index (κ2) is 6.23. The molecule has 24 heavy (non-hydrogen) atoms. The highest BCUT2D eigenvalue weighted by atomic mass is 15.2. The minimum Gasteiger partial charge on any atom is -0.356 e. The Balaban J connectivity index is 1.85. The summed E-state index contributed by atoms with van der Waals surface area (Å²) in [6, 6.07) is 16.8. The van der Waals surface area contributed by atoms with Crippen LogP contribution in [0.1, 0.15) is 25.3 Å². The van der Waals surface area contributed by atoms with Gasteiger partial charge < -0.3 is 4.90 Å². The predicted molar refractivity (Wildman–Crippen MR) is 100 cm³/mol. The molecule has 1 aromatic heterocycles. The Morgan fingerprint density at radius 2 is 1.75 bits per heavy atom.